The second kappa shape index (κ2) is 5.38. The number of aromatic nitrogens is 2. The summed E-state index contributed by atoms with van der Waals surface area (Å²) in [4.78, 5) is 22.0. The van der Waals surface area contributed by atoms with Gasteiger partial charge in [0.1, 0.15) is 5.69 Å². The van der Waals surface area contributed by atoms with Crippen LogP contribution in [0.3, 0.4) is 0 Å². The standard InChI is InChI=1S/C19H21N3OS/c23-17(19-8-12-5-13(9-19)7-14(6-12)10-19)22-18-21-16(11-24-18)15-3-1-2-4-20-15/h1-4,11-14H,5-10H2,(H,21,22,23). The summed E-state index contributed by atoms with van der Waals surface area (Å²) in [7, 11) is 0. The minimum Gasteiger partial charge on any atom is -0.301 e. The summed E-state index contributed by atoms with van der Waals surface area (Å²) >= 11 is 1.49. The van der Waals surface area contributed by atoms with Gasteiger partial charge in [-0.2, -0.15) is 0 Å². The highest BCUT2D eigenvalue weighted by atomic mass is 32.1. The van der Waals surface area contributed by atoms with E-state index >= 15 is 0 Å². The first kappa shape index (κ1) is 14.6. The Labute approximate surface area is 145 Å². The van der Waals surface area contributed by atoms with Crippen molar-refractivity contribution in [3.8, 4) is 11.4 Å². The minimum atomic E-state index is -0.119. The quantitative estimate of drug-likeness (QED) is 0.904. The lowest BCUT2D eigenvalue weighted by molar-refractivity contribution is -0.140. The van der Waals surface area contributed by atoms with Crippen LogP contribution in [-0.2, 0) is 4.79 Å². The number of nitrogens with zero attached hydrogens (tertiary/aromatic N) is 2. The van der Waals surface area contributed by atoms with E-state index in [-0.39, 0.29) is 11.3 Å². The normalized spacial score (nSPS) is 33.6. The first-order chi connectivity index (χ1) is 11.7. The molecule has 4 bridgehead atoms. The average Bonchev–Trinajstić information content (AvgIpc) is 3.03. The van der Waals surface area contributed by atoms with Gasteiger partial charge in [0, 0.05) is 11.6 Å². The Balaban J connectivity index is 1.35. The molecule has 24 heavy (non-hydrogen) atoms. The van der Waals surface area contributed by atoms with Crippen LogP contribution in [0.15, 0.2) is 29.8 Å². The molecule has 2 heterocycles. The highest BCUT2D eigenvalue weighted by Crippen LogP contribution is 2.60. The predicted octanol–water partition coefficient (Wildman–Crippen LogP) is 4.36. The van der Waals surface area contributed by atoms with Gasteiger partial charge in [-0.05, 0) is 68.4 Å². The maximum absolute atomic E-state index is 13.1. The van der Waals surface area contributed by atoms with Crippen molar-refractivity contribution < 1.29 is 4.79 Å². The Morgan fingerprint density at radius 1 is 1.08 bits per heavy atom. The summed E-state index contributed by atoms with van der Waals surface area (Å²) in [5.41, 5.74) is 1.57. The molecule has 0 radical (unpaired) electrons. The largest absolute Gasteiger partial charge is 0.301 e. The van der Waals surface area contributed by atoms with E-state index in [1.54, 1.807) is 6.20 Å². The first-order valence-electron chi connectivity index (χ1n) is 8.89. The molecular formula is C19H21N3OS. The van der Waals surface area contributed by atoms with Crippen LogP contribution in [0.25, 0.3) is 11.4 Å². The molecule has 5 heteroatoms. The number of carbonyl (C=O) groups is 1. The monoisotopic (exact) mass is 339 g/mol. The molecule has 4 fully saturated rings. The van der Waals surface area contributed by atoms with E-state index in [1.807, 2.05) is 23.6 Å². The van der Waals surface area contributed by atoms with E-state index in [1.165, 1.54) is 30.6 Å². The Bertz CT molecular complexity index is 735. The lowest BCUT2D eigenvalue weighted by atomic mass is 9.49. The second-order valence-electron chi connectivity index (χ2n) is 7.90. The van der Waals surface area contributed by atoms with Crippen LogP contribution in [-0.4, -0.2) is 15.9 Å². The number of amides is 1. The molecule has 4 aliphatic carbocycles. The molecular weight excluding hydrogens is 318 g/mol. The van der Waals surface area contributed by atoms with Crippen molar-refractivity contribution in [2.75, 3.05) is 5.32 Å². The molecule has 4 nitrogen and oxygen atoms in total. The summed E-state index contributed by atoms with van der Waals surface area (Å²) in [6.07, 6.45) is 9.09. The molecule has 0 saturated heterocycles. The fourth-order valence-corrected chi connectivity index (χ4v) is 6.28. The zero-order valence-corrected chi connectivity index (χ0v) is 14.4. The van der Waals surface area contributed by atoms with Gasteiger partial charge in [0.15, 0.2) is 5.13 Å². The second-order valence-corrected chi connectivity index (χ2v) is 8.76. The van der Waals surface area contributed by atoms with Gasteiger partial charge in [-0.1, -0.05) is 6.07 Å². The Morgan fingerprint density at radius 3 is 2.42 bits per heavy atom. The molecule has 1 N–H and O–H groups in total. The van der Waals surface area contributed by atoms with Crippen molar-refractivity contribution in [1.82, 2.24) is 9.97 Å². The van der Waals surface area contributed by atoms with Crippen molar-refractivity contribution >= 4 is 22.4 Å². The van der Waals surface area contributed by atoms with Gasteiger partial charge >= 0.3 is 0 Å². The van der Waals surface area contributed by atoms with Gasteiger partial charge < -0.3 is 5.32 Å². The third-order valence-electron chi connectivity index (χ3n) is 6.17. The number of hydrogen-bond donors (Lipinski definition) is 1. The van der Waals surface area contributed by atoms with E-state index in [2.05, 4.69) is 15.3 Å². The lowest BCUT2D eigenvalue weighted by Gasteiger charge is -2.55. The Morgan fingerprint density at radius 2 is 1.79 bits per heavy atom. The van der Waals surface area contributed by atoms with Crippen molar-refractivity contribution in [3.63, 3.8) is 0 Å². The molecule has 0 aliphatic heterocycles. The summed E-state index contributed by atoms with van der Waals surface area (Å²) < 4.78 is 0. The number of hydrogen-bond acceptors (Lipinski definition) is 4. The number of anilines is 1. The number of rotatable bonds is 3. The van der Waals surface area contributed by atoms with Gasteiger partial charge in [0.25, 0.3) is 0 Å². The van der Waals surface area contributed by atoms with Gasteiger partial charge in [0.05, 0.1) is 11.1 Å². The minimum absolute atomic E-state index is 0.119. The Kier molecular flexibility index (Phi) is 3.27. The molecule has 1 amide bonds. The van der Waals surface area contributed by atoms with E-state index in [9.17, 15) is 4.79 Å². The van der Waals surface area contributed by atoms with Crippen molar-refractivity contribution in [1.29, 1.82) is 0 Å². The number of pyridine rings is 1. The molecule has 0 spiro atoms. The maximum Gasteiger partial charge on any atom is 0.232 e. The fraction of sp³-hybridized carbons (Fsp3) is 0.526. The van der Waals surface area contributed by atoms with Crippen LogP contribution in [0.2, 0.25) is 0 Å². The summed E-state index contributed by atoms with van der Waals surface area (Å²) in [5, 5.41) is 5.80. The van der Waals surface area contributed by atoms with Crippen LogP contribution in [0.4, 0.5) is 5.13 Å². The third kappa shape index (κ3) is 2.37. The van der Waals surface area contributed by atoms with E-state index < -0.39 is 0 Å². The molecule has 6 rings (SSSR count). The number of thiazole rings is 1. The molecule has 0 unspecified atom stereocenters. The predicted molar refractivity (Wildman–Crippen MR) is 94.6 cm³/mol. The SMILES string of the molecule is O=C(Nc1nc(-c2ccccn2)cs1)C12CC3CC(CC(C3)C1)C2. The molecule has 0 aromatic carbocycles. The smallest absolute Gasteiger partial charge is 0.232 e. The molecule has 2 aromatic heterocycles. The molecule has 4 aliphatic rings. The average molecular weight is 339 g/mol. The van der Waals surface area contributed by atoms with Crippen molar-refractivity contribution in [2.45, 2.75) is 38.5 Å². The fourth-order valence-electron chi connectivity index (χ4n) is 5.58. The van der Waals surface area contributed by atoms with Gasteiger partial charge in [-0.15, -0.1) is 11.3 Å². The van der Waals surface area contributed by atoms with Crippen LogP contribution >= 0.6 is 11.3 Å². The van der Waals surface area contributed by atoms with Gasteiger partial charge in [-0.3, -0.25) is 9.78 Å². The zero-order chi connectivity index (χ0) is 16.1. The molecule has 124 valence electrons. The van der Waals surface area contributed by atoms with Crippen LogP contribution in [0.5, 0.6) is 0 Å². The maximum atomic E-state index is 13.1. The molecule has 4 saturated carbocycles. The summed E-state index contributed by atoms with van der Waals surface area (Å²) in [6, 6.07) is 5.79. The Hall–Kier alpha value is -1.75. The first-order valence-corrected chi connectivity index (χ1v) is 9.76. The topological polar surface area (TPSA) is 54.9 Å². The van der Waals surface area contributed by atoms with E-state index in [4.69, 9.17) is 0 Å². The van der Waals surface area contributed by atoms with Gasteiger partial charge in [0.2, 0.25) is 5.91 Å². The zero-order valence-electron chi connectivity index (χ0n) is 13.6. The lowest BCUT2D eigenvalue weighted by Crippen LogP contribution is -2.51. The van der Waals surface area contributed by atoms with Crippen LogP contribution < -0.4 is 5.32 Å². The molecule has 2 aromatic rings. The van der Waals surface area contributed by atoms with Crippen LogP contribution in [0, 0.1) is 23.2 Å². The van der Waals surface area contributed by atoms with Crippen molar-refractivity contribution in [3.05, 3.63) is 29.8 Å². The highest BCUT2D eigenvalue weighted by Gasteiger charge is 2.54. The highest BCUT2D eigenvalue weighted by molar-refractivity contribution is 7.14. The van der Waals surface area contributed by atoms with Crippen molar-refractivity contribution in [2.24, 2.45) is 23.2 Å². The summed E-state index contributed by atoms with van der Waals surface area (Å²) in [6.45, 7) is 0. The van der Waals surface area contributed by atoms with Gasteiger partial charge in [-0.25, -0.2) is 4.98 Å². The third-order valence-corrected chi connectivity index (χ3v) is 6.93. The molecule has 0 atom stereocenters. The van der Waals surface area contributed by atoms with E-state index in [0.29, 0.717) is 5.13 Å². The van der Waals surface area contributed by atoms with E-state index in [0.717, 1.165) is 48.4 Å². The van der Waals surface area contributed by atoms with Crippen LogP contribution in [0.1, 0.15) is 38.5 Å². The number of nitrogens with one attached hydrogen (secondary N) is 1. The summed E-state index contributed by atoms with van der Waals surface area (Å²) in [5.74, 6) is 2.55. The number of carbonyl (C=O) groups excluding carboxylic acids is 1.